The summed E-state index contributed by atoms with van der Waals surface area (Å²) in [7, 11) is 0. The highest BCUT2D eigenvalue weighted by molar-refractivity contribution is 5.37. The van der Waals surface area contributed by atoms with Crippen LogP contribution in [0.1, 0.15) is 0 Å². The number of allylic oxidation sites excluding steroid dienone is 1. The first-order valence-electron chi connectivity index (χ1n) is 3.15. The Bertz CT molecular complexity index is 300. The maximum absolute atomic E-state index is 10.9. The predicted molar refractivity (Wildman–Crippen MR) is 37.6 cm³/mol. The summed E-state index contributed by atoms with van der Waals surface area (Å²) in [4.78, 5) is 0.534. The molecule has 2 aliphatic heterocycles. The molecule has 0 aliphatic carbocycles. The molecule has 2 aliphatic rings. The molecule has 56 valence electrons. The second-order valence-electron chi connectivity index (χ2n) is 2.13. The van der Waals surface area contributed by atoms with Crippen molar-refractivity contribution in [3.63, 3.8) is 0 Å². The van der Waals surface area contributed by atoms with Crippen molar-refractivity contribution >= 4 is 0 Å². The number of hydroxylamine groups is 1. The number of hydrogen-bond donors (Lipinski definition) is 2. The summed E-state index contributed by atoms with van der Waals surface area (Å²) in [6.45, 7) is 0. The van der Waals surface area contributed by atoms with E-state index in [0.29, 0.717) is 10.6 Å². The molecule has 0 saturated carbocycles. The highest BCUT2D eigenvalue weighted by atomic mass is 16.5. The molecule has 0 aromatic heterocycles. The van der Waals surface area contributed by atoms with Crippen LogP contribution in [0, 0.1) is 5.21 Å². The lowest BCUT2D eigenvalue weighted by Gasteiger charge is -2.15. The van der Waals surface area contributed by atoms with Crippen molar-refractivity contribution in [2.24, 2.45) is 5.22 Å². The van der Waals surface area contributed by atoms with E-state index in [-0.39, 0.29) is 0 Å². The summed E-state index contributed by atoms with van der Waals surface area (Å²) in [6.07, 6.45) is 6.80. The molecule has 0 spiro atoms. The van der Waals surface area contributed by atoms with E-state index in [1.54, 1.807) is 24.7 Å². The Morgan fingerprint density at radius 2 is 2.36 bits per heavy atom. The minimum absolute atomic E-state index is 0.520. The van der Waals surface area contributed by atoms with Crippen molar-refractivity contribution in [2.45, 2.75) is 0 Å². The van der Waals surface area contributed by atoms with Crippen molar-refractivity contribution < 1.29 is 4.86 Å². The Balaban J connectivity index is 2.41. The van der Waals surface area contributed by atoms with Crippen LogP contribution in [0.4, 0.5) is 0 Å². The van der Waals surface area contributed by atoms with E-state index >= 15 is 0 Å². The van der Waals surface area contributed by atoms with Gasteiger partial charge in [-0.25, -0.2) is 0 Å². The van der Waals surface area contributed by atoms with Gasteiger partial charge < -0.3 is 10.5 Å². The highest BCUT2D eigenvalue weighted by Crippen LogP contribution is 2.16. The van der Waals surface area contributed by atoms with Crippen molar-refractivity contribution in [2.75, 3.05) is 0 Å². The fraction of sp³-hybridized carbons (Fsp3) is 0. The summed E-state index contributed by atoms with van der Waals surface area (Å²) in [5, 5.41) is 17.2. The lowest BCUT2D eigenvalue weighted by atomic mass is 10.2. The molecule has 2 rings (SSSR count). The molecule has 2 heterocycles. The Morgan fingerprint density at radius 1 is 1.45 bits per heavy atom. The minimum atomic E-state index is 0.520. The van der Waals surface area contributed by atoms with E-state index in [0.717, 1.165) is 5.57 Å². The largest absolute Gasteiger partial charge is 0.691 e. The lowest BCUT2D eigenvalue weighted by molar-refractivity contribution is -0.482. The maximum atomic E-state index is 10.9. The van der Waals surface area contributed by atoms with Gasteiger partial charge in [-0.1, -0.05) is 0 Å². The molecular formula is C6H6N4O. The Morgan fingerprint density at radius 3 is 3.18 bits per heavy atom. The number of dihydropyridines is 1. The Hall–Kier alpha value is -1.78. The standard InChI is InChI=1S/C6H6N4O/c11-10-6-4-7-2-1-5(6)3-8-9-10/h1-4,7-8H. The van der Waals surface area contributed by atoms with Crippen molar-refractivity contribution in [3.8, 4) is 0 Å². The molecule has 0 atom stereocenters. The monoisotopic (exact) mass is 150 g/mol. The third-order valence-corrected chi connectivity index (χ3v) is 1.45. The van der Waals surface area contributed by atoms with Crippen LogP contribution in [0.15, 0.2) is 41.2 Å². The third-order valence-electron chi connectivity index (χ3n) is 1.45. The van der Waals surface area contributed by atoms with Gasteiger partial charge >= 0.3 is 0 Å². The number of nitrogens with one attached hydrogen (secondary N) is 2. The molecule has 5 heteroatoms. The quantitative estimate of drug-likeness (QED) is 0.386. The van der Waals surface area contributed by atoms with Gasteiger partial charge in [0.1, 0.15) is 6.20 Å². The third kappa shape index (κ3) is 0.861. The van der Waals surface area contributed by atoms with Gasteiger partial charge in [-0.2, -0.15) is 5.43 Å². The normalized spacial score (nSPS) is 20.2. The summed E-state index contributed by atoms with van der Waals surface area (Å²) >= 11 is 0. The zero-order valence-electron chi connectivity index (χ0n) is 5.61. The first-order chi connectivity index (χ1) is 5.38. The van der Waals surface area contributed by atoms with E-state index in [4.69, 9.17) is 0 Å². The van der Waals surface area contributed by atoms with E-state index in [1.165, 1.54) is 0 Å². The van der Waals surface area contributed by atoms with Gasteiger partial charge in [-0.15, -0.1) is 4.86 Å². The Kier molecular flexibility index (Phi) is 1.15. The van der Waals surface area contributed by atoms with Gasteiger partial charge in [0.05, 0.1) is 17.0 Å². The second-order valence-corrected chi connectivity index (χ2v) is 2.13. The zero-order valence-corrected chi connectivity index (χ0v) is 5.61. The van der Waals surface area contributed by atoms with Crippen LogP contribution in [-0.4, -0.2) is 4.86 Å². The van der Waals surface area contributed by atoms with E-state index in [2.05, 4.69) is 16.0 Å². The maximum Gasteiger partial charge on any atom is 0.180 e. The number of fused-ring (bicyclic) bond motifs is 1. The molecule has 0 unspecified atom stereocenters. The summed E-state index contributed by atoms with van der Waals surface area (Å²) in [5.74, 6) is 0. The fourth-order valence-electron chi connectivity index (χ4n) is 0.926. The van der Waals surface area contributed by atoms with Gasteiger partial charge in [-0.3, -0.25) is 0 Å². The topological polar surface area (TPSA) is 62.5 Å². The molecule has 0 fully saturated rings. The van der Waals surface area contributed by atoms with Gasteiger partial charge in [0.15, 0.2) is 5.70 Å². The van der Waals surface area contributed by atoms with Crippen LogP contribution in [0.3, 0.4) is 0 Å². The molecule has 5 nitrogen and oxygen atoms in total. The van der Waals surface area contributed by atoms with Crippen LogP contribution in [0.5, 0.6) is 0 Å². The molecule has 0 aromatic carbocycles. The summed E-state index contributed by atoms with van der Waals surface area (Å²) in [6, 6.07) is 0. The molecule has 11 heavy (non-hydrogen) atoms. The molecular weight excluding hydrogens is 144 g/mol. The molecule has 0 radical (unpaired) electrons. The van der Waals surface area contributed by atoms with Crippen LogP contribution in [0.2, 0.25) is 0 Å². The first kappa shape index (κ1) is 5.96. The van der Waals surface area contributed by atoms with E-state index in [9.17, 15) is 5.21 Å². The predicted octanol–water partition coefficient (Wildman–Crippen LogP) is 0.309. The minimum Gasteiger partial charge on any atom is -0.691 e. The second kappa shape index (κ2) is 2.12. The lowest BCUT2D eigenvalue weighted by Crippen LogP contribution is -2.18. The fourth-order valence-corrected chi connectivity index (χ4v) is 0.926. The van der Waals surface area contributed by atoms with Gasteiger partial charge in [0.25, 0.3) is 0 Å². The van der Waals surface area contributed by atoms with Crippen LogP contribution in [-0.2, 0) is 0 Å². The van der Waals surface area contributed by atoms with Crippen molar-refractivity contribution in [1.29, 1.82) is 0 Å². The zero-order chi connectivity index (χ0) is 7.68. The van der Waals surface area contributed by atoms with Crippen LogP contribution >= 0.6 is 0 Å². The smallest absolute Gasteiger partial charge is 0.180 e. The number of rotatable bonds is 0. The van der Waals surface area contributed by atoms with Crippen LogP contribution < -0.4 is 10.7 Å². The van der Waals surface area contributed by atoms with Gasteiger partial charge in [0, 0.05) is 6.20 Å². The van der Waals surface area contributed by atoms with Gasteiger partial charge in [-0.05, 0) is 6.08 Å². The Labute approximate surface area is 63.0 Å². The molecule has 0 saturated heterocycles. The van der Waals surface area contributed by atoms with Gasteiger partial charge in [0.2, 0.25) is 0 Å². The van der Waals surface area contributed by atoms with E-state index in [1.807, 2.05) is 0 Å². The average Bonchev–Trinajstić information content (AvgIpc) is 2.06. The highest BCUT2D eigenvalue weighted by Gasteiger charge is 2.15. The molecule has 0 bridgehead atoms. The molecule has 2 N–H and O–H groups in total. The first-order valence-corrected chi connectivity index (χ1v) is 3.15. The number of hydrogen-bond acceptors (Lipinski definition) is 4. The molecule has 0 aromatic rings. The summed E-state index contributed by atoms with van der Waals surface area (Å²) < 4.78 is 0. The average molecular weight is 150 g/mol. The van der Waals surface area contributed by atoms with Crippen molar-refractivity contribution in [1.82, 2.24) is 10.7 Å². The summed E-state index contributed by atoms with van der Waals surface area (Å²) in [5.41, 5.74) is 3.84. The van der Waals surface area contributed by atoms with Crippen LogP contribution in [0.25, 0.3) is 0 Å². The molecule has 0 amide bonds. The van der Waals surface area contributed by atoms with E-state index < -0.39 is 0 Å². The SMILES string of the molecule is [O-][N+]1=NNC=C2C=CNC=C21. The number of nitrogens with zero attached hydrogens (tertiary/aromatic N) is 2. The van der Waals surface area contributed by atoms with Crippen molar-refractivity contribution in [3.05, 3.63) is 41.2 Å².